The summed E-state index contributed by atoms with van der Waals surface area (Å²) in [5, 5.41) is 12.7. The third-order valence-corrected chi connectivity index (χ3v) is 6.31. The molecule has 30 heavy (non-hydrogen) atoms. The number of rotatable bonds is 9. The van der Waals surface area contributed by atoms with Crippen molar-refractivity contribution in [1.82, 2.24) is 9.88 Å². The van der Waals surface area contributed by atoms with Gasteiger partial charge in [-0.05, 0) is 43.7 Å². The van der Waals surface area contributed by atoms with Crippen molar-refractivity contribution in [3.8, 4) is 0 Å². The van der Waals surface area contributed by atoms with Crippen LogP contribution in [-0.4, -0.2) is 27.1 Å². The van der Waals surface area contributed by atoms with Crippen molar-refractivity contribution in [2.24, 2.45) is 0 Å². The number of aliphatic carboxylic acids is 1. The van der Waals surface area contributed by atoms with Crippen molar-refractivity contribution in [3.05, 3.63) is 33.2 Å². The van der Waals surface area contributed by atoms with Crippen LogP contribution >= 0.6 is 0 Å². The number of carbonyl (C=O) groups is 2. The van der Waals surface area contributed by atoms with Crippen molar-refractivity contribution in [1.29, 1.82) is 0 Å². The molecule has 0 aromatic carbocycles. The van der Waals surface area contributed by atoms with E-state index in [2.05, 4.69) is 19.2 Å². The Hall–Kier alpha value is -2.11. The van der Waals surface area contributed by atoms with Crippen LogP contribution in [0.4, 0.5) is 0 Å². The molecule has 2 N–H and O–H groups in total. The highest BCUT2D eigenvalue weighted by atomic mass is 16.4. The zero-order valence-electron chi connectivity index (χ0n) is 18.9. The van der Waals surface area contributed by atoms with Crippen molar-refractivity contribution < 1.29 is 14.7 Å². The van der Waals surface area contributed by atoms with Crippen molar-refractivity contribution >= 4 is 11.9 Å². The lowest BCUT2D eigenvalue weighted by Gasteiger charge is -2.32. The van der Waals surface area contributed by atoms with Crippen LogP contribution in [0.2, 0.25) is 0 Å². The van der Waals surface area contributed by atoms with Gasteiger partial charge in [0.15, 0.2) is 0 Å². The molecule has 0 atom stereocenters. The largest absolute Gasteiger partial charge is 0.480 e. The summed E-state index contributed by atoms with van der Waals surface area (Å²) < 4.78 is 1.76. The van der Waals surface area contributed by atoms with Gasteiger partial charge in [0.2, 0.25) is 0 Å². The van der Waals surface area contributed by atoms with Crippen LogP contribution in [0, 0.1) is 0 Å². The number of hydrogen-bond acceptors (Lipinski definition) is 3. The van der Waals surface area contributed by atoms with E-state index in [1.54, 1.807) is 10.6 Å². The van der Waals surface area contributed by atoms with Crippen LogP contribution in [0.3, 0.4) is 0 Å². The van der Waals surface area contributed by atoms with Gasteiger partial charge in [-0.3, -0.25) is 9.59 Å². The first-order chi connectivity index (χ1) is 14.4. The lowest BCUT2D eigenvalue weighted by molar-refractivity contribution is -0.145. The highest BCUT2D eigenvalue weighted by molar-refractivity contribution is 5.97. The lowest BCUT2D eigenvalue weighted by atomic mass is 9.83. The van der Waals surface area contributed by atoms with E-state index in [-0.39, 0.29) is 11.1 Å². The monoisotopic (exact) mass is 418 g/mol. The molecule has 168 valence electrons. The smallest absolute Gasteiger partial charge is 0.329 e. The molecule has 1 aromatic heterocycles. The molecule has 1 fully saturated rings. The number of nitrogens with one attached hydrogen (secondary N) is 1. The average Bonchev–Trinajstić information content (AvgIpc) is 2.69. The molecular weight excluding hydrogens is 380 g/mol. The molecule has 6 nitrogen and oxygen atoms in total. The molecule has 0 spiro atoms. The number of aryl methyl sites for hydroxylation is 1. The van der Waals surface area contributed by atoms with E-state index in [1.165, 1.54) is 0 Å². The number of carboxylic acids is 1. The summed E-state index contributed by atoms with van der Waals surface area (Å²) in [7, 11) is 0. The van der Waals surface area contributed by atoms with Crippen LogP contribution in [0.5, 0.6) is 0 Å². The van der Waals surface area contributed by atoms with Gasteiger partial charge in [-0.25, -0.2) is 4.79 Å². The van der Waals surface area contributed by atoms with Crippen molar-refractivity contribution in [2.75, 3.05) is 0 Å². The molecule has 1 saturated carbocycles. The molecule has 1 aliphatic carbocycles. The van der Waals surface area contributed by atoms with Gasteiger partial charge in [0.25, 0.3) is 11.5 Å². The molecule has 0 bridgehead atoms. The maximum atomic E-state index is 13.3. The van der Waals surface area contributed by atoms with Crippen LogP contribution in [0.15, 0.2) is 10.9 Å². The van der Waals surface area contributed by atoms with Crippen molar-refractivity contribution in [2.45, 2.75) is 110 Å². The summed E-state index contributed by atoms with van der Waals surface area (Å²) in [6, 6.07) is 1.70. The molecular formula is C24H38N2O4. The zero-order chi connectivity index (χ0) is 22.1. The van der Waals surface area contributed by atoms with Crippen LogP contribution in [-0.2, 0) is 24.2 Å². The standard InChI is InChI=1S/C24H38N2O4/c1-4-7-16-26-20(13-5-2)18(6-3)17-19(22(26)28)21(27)25-24(23(29)30)14-11-9-8-10-12-15-24/h17H,4-16H2,1-3H3,(H,25,27)(H,29,30). The number of pyridine rings is 1. The van der Waals surface area contributed by atoms with E-state index in [0.717, 1.165) is 75.5 Å². The maximum absolute atomic E-state index is 13.3. The molecule has 0 saturated heterocycles. The molecule has 0 unspecified atom stereocenters. The fraction of sp³-hybridized carbons (Fsp3) is 0.708. The van der Waals surface area contributed by atoms with Gasteiger partial charge >= 0.3 is 5.97 Å². The van der Waals surface area contributed by atoms with E-state index < -0.39 is 17.4 Å². The fourth-order valence-corrected chi connectivity index (χ4v) is 4.50. The molecule has 1 aliphatic rings. The highest BCUT2D eigenvalue weighted by Crippen LogP contribution is 2.27. The maximum Gasteiger partial charge on any atom is 0.329 e. The Labute approximate surface area is 180 Å². The first-order valence-corrected chi connectivity index (χ1v) is 11.7. The minimum absolute atomic E-state index is 0.0745. The number of unbranched alkanes of at least 4 members (excludes halogenated alkanes) is 1. The Kier molecular flexibility index (Phi) is 9.12. The first-order valence-electron chi connectivity index (χ1n) is 11.7. The summed E-state index contributed by atoms with van der Waals surface area (Å²) in [4.78, 5) is 38.7. The molecule has 2 rings (SSSR count). The van der Waals surface area contributed by atoms with E-state index in [9.17, 15) is 19.5 Å². The summed E-state index contributed by atoms with van der Waals surface area (Å²) in [6.07, 6.45) is 9.67. The van der Waals surface area contributed by atoms with Crippen molar-refractivity contribution in [3.63, 3.8) is 0 Å². The Balaban J connectivity index is 2.46. The van der Waals surface area contributed by atoms with Gasteiger partial charge < -0.3 is 15.0 Å². The second-order valence-electron chi connectivity index (χ2n) is 8.55. The number of carbonyl (C=O) groups excluding carboxylic acids is 1. The van der Waals surface area contributed by atoms with Crippen LogP contribution in [0.1, 0.15) is 107 Å². The summed E-state index contributed by atoms with van der Waals surface area (Å²) in [5.41, 5.74) is 0.499. The Bertz CT molecular complexity index is 789. The number of hydrogen-bond donors (Lipinski definition) is 2. The minimum atomic E-state index is -1.29. The first kappa shape index (κ1) is 24.2. The average molecular weight is 419 g/mol. The van der Waals surface area contributed by atoms with E-state index >= 15 is 0 Å². The summed E-state index contributed by atoms with van der Waals surface area (Å²) >= 11 is 0. The third kappa shape index (κ3) is 5.52. The van der Waals surface area contributed by atoms with E-state index in [1.807, 2.05) is 6.92 Å². The molecule has 6 heteroatoms. The number of amides is 1. The predicted molar refractivity (Wildman–Crippen MR) is 119 cm³/mol. The van der Waals surface area contributed by atoms with Gasteiger partial charge in [0.05, 0.1) is 0 Å². The van der Waals surface area contributed by atoms with Gasteiger partial charge in [-0.2, -0.15) is 0 Å². The molecule has 0 aliphatic heterocycles. The van der Waals surface area contributed by atoms with Gasteiger partial charge in [-0.15, -0.1) is 0 Å². The Morgan fingerprint density at radius 1 is 1.07 bits per heavy atom. The molecule has 1 heterocycles. The molecule has 1 aromatic rings. The summed E-state index contributed by atoms with van der Waals surface area (Å²) in [5.74, 6) is -1.55. The zero-order valence-corrected chi connectivity index (χ0v) is 18.9. The lowest BCUT2D eigenvalue weighted by Crippen LogP contribution is -2.55. The number of carboxylic acid groups (broad SMARTS) is 1. The Morgan fingerprint density at radius 2 is 1.70 bits per heavy atom. The van der Waals surface area contributed by atoms with Gasteiger partial charge in [-0.1, -0.05) is 65.7 Å². The molecule has 0 radical (unpaired) electrons. The normalized spacial score (nSPS) is 16.5. The van der Waals surface area contributed by atoms with Crippen LogP contribution < -0.4 is 10.9 Å². The number of nitrogens with zero attached hydrogens (tertiary/aromatic N) is 1. The number of aromatic nitrogens is 1. The molecule has 1 amide bonds. The second kappa shape index (κ2) is 11.3. The fourth-order valence-electron chi connectivity index (χ4n) is 4.50. The van der Waals surface area contributed by atoms with E-state index in [4.69, 9.17) is 0 Å². The second-order valence-corrected chi connectivity index (χ2v) is 8.55. The highest BCUT2D eigenvalue weighted by Gasteiger charge is 2.40. The summed E-state index contributed by atoms with van der Waals surface area (Å²) in [6.45, 7) is 6.77. The van der Waals surface area contributed by atoms with E-state index in [0.29, 0.717) is 19.4 Å². The quantitative estimate of drug-likeness (QED) is 0.620. The van der Waals surface area contributed by atoms with Gasteiger partial charge in [0.1, 0.15) is 11.1 Å². The van der Waals surface area contributed by atoms with Crippen LogP contribution in [0.25, 0.3) is 0 Å². The minimum Gasteiger partial charge on any atom is -0.480 e. The third-order valence-electron chi connectivity index (χ3n) is 6.31. The topological polar surface area (TPSA) is 88.4 Å². The van der Waals surface area contributed by atoms with Gasteiger partial charge in [0, 0.05) is 12.2 Å². The predicted octanol–water partition coefficient (Wildman–Crippen LogP) is 4.46. The SMILES string of the molecule is CCCCn1c(CCC)c(CC)cc(C(=O)NC2(C(=O)O)CCCCCCC2)c1=O. The Morgan fingerprint density at radius 3 is 2.23 bits per heavy atom.